The maximum atomic E-state index is 6.04. The van der Waals surface area contributed by atoms with E-state index < -0.39 is 0 Å². The van der Waals surface area contributed by atoms with Crippen LogP contribution in [-0.2, 0) is 0 Å². The van der Waals surface area contributed by atoms with Gasteiger partial charge in [-0.3, -0.25) is 4.98 Å². The monoisotopic (exact) mass is 387 g/mol. The Kier molecular flexibility index (Phi) is 8.40. The highest BCUT2D eigenvalue weighted by molar-refractivity contribution is 6.31. The van der Waals surface area contributed by atoms with E-state index in [1.54, 1.807) is 0 Å². The normalized spacial score (nSPS) is 12.7. The number of hydrogen-bond acceptors (Lipinski definition) is 3. The molecule has 0 saturated carbocycles. The molecule has 3 nitrogen and oxygen atoms in total. The summed E-state index contributed by atoms with van der Waals surface area (Å²) in [5.74, 6) is 1.30. The fraction of sp³-hybridized carbons (Fsp3) is 0.500. The van der Waals surface area contributed by atoms with Crippen LogP contribution in [-0.4, -0.2) is 47.3 Å². The lowest BCUT2D eigenvalue weighted by Gasteiger charge is -2.22. The number of rotatable bonds is 10. The Morgan fingerprint density at radius 3 is 2.58 bits per heavy atom. The number of hydrogen-bond donors (Lipinski definition) is 1. The van der Waals surface area contributed by atoms with Crippen molar-refractivity contribution in [3.05, 3.63) is 35.5 Å². The molecule has 2 aromatic rings. The van der Waals surface area contributed by atoms with Gasteiger partial charge >= 0.3 is 0 Å². The minimum absolute atomic E-state index is 0.375. The number of nitrogens with zero attached hydrogens (tertiary/aromatic N) is 2. The second-order valence-electron chi connectivity index (χ2n) is 5.93. The second kappa shape index (κ2) is 10.3. The lowest BCUT2D eigenvalue weighted by molar-refractivity contribution is 0.298. The van der Waals surface area contributed by atoms with Crippen molar-refractivity contribution < 1.29 is 0 Å². The average molecular weight is 389 g/mol. The second-order valence-corrected chi connectivity index (χ2v) is 7.12. The Hall–Kier alpha value is -0.740. The van der Waals surface area contributed by atoms with E-state index in [0.717, 1.165) is 49.1 Å². The average Bonchev–Trinajstić information content (AvgIpc) is 2.55. The van der Waals surface area contributed by atoms with Gasteiger partial charge < -0.3 is 10.2 Å². The Balaban J connectivity index is 1.89. The third kappa shape index (κ3) is 5.96. The van der Waals surface area contributed by atoms with Crippen LogP contribution in [0.4, 0.5) is 5.69 Å². The molecule has 6 heteroatoms. The van der Waals surface area contributed by atoms with Crippen LogP contribution in [0.3, 0.4) is 0 Å². The molecule has 0 fully saturated rings. The summed E-state index contributed by atoms with van der Waals surface area (Å²) in [6.45, 7) is 5.02. The van der Waals surface area contributed by atoms with Crippen molar-refractivity contribution in [2.45, 2.75) is 25.8 Å². The summed E-state index contributed by atoms with van der Waals surface area (Å²) in [5, 5.41) is 5.39. The molecule has 0 bridgehead atoms. The summed E-state index contributed by atoms with van der Waals surface area (Å²) in [6.07, 6.45) is 4.01. The first-order valence-corrected chi connectivity index (χ1v) is 9.74. The zero-order valence-electron chi connectivity index (χ0n) is 13.9. The first kappa shape index (κ1) is 19.6. The molecule has 1 aromatic heterocycles. The fourth-order valence-corrected chi connectivity index (χ4v) is 3.42. The SMILES string of the molecule is C[C@H](CCCN(CCCl)CCCl)Nc1ccnc2cc(Cl)ccc12. The van der Waals surface area contributed by atoms with Crippen molar-refractivity contribution in [3.8, 4) is 0 Å². The number of nitrogens with one attached hydrogen (secondary N) is 1. The third-order valence-corrected chi connectivity index (χ3v) is 4.59. The Morgan fingerprint density at radius 2 is 1.88 bits per heavy atom. The van der Waals surface area contributed by atoms with Gasteiger partial charge in [0.1, 0.15) is 0 Å². The number of benzene rings is 1. The number of pyridine rings is 1. The molecule has 1 atom stereocenters. The van der Waals surface area contributed by atoms with Gasteiger partial charge in [-0.25, -0.2) is 0 Å². The van der Waals surface area contributed by atoms with Gasteiger partial charge in [-0.15, -0.1) is 23.2 Å². The highest BCUT2D eigenvalue weighted by Crippen LogP contribution is 2.25. The molecule has 1 aromatic carbocycles. The molecule has 2 rings (SSSR count). The van der Waals surface area contributed by atoms with Gasteiger partial charge in [0.05, 0.1) is 5.52 Å². The molecular formula is C18H24Cl3N3. The Bertz CT molecular complexity index is 630. The van der Waals surface area contributed by atoms with Crippen LogP contribution < -0.4 is 5.32 Å². The maximum absolute atomic E-state index is 6.04. The molecule has 0 saturated heterocycles. The lowest BCUT2D eigenvalue weighted by Crippen LogP contribution is -2.30. The first-order valence-electron chi connectivity index (χ1n) is 8.29. The summed E-state index contributed by atoms with van der Waals surface area (Å²) in [4.78, 5) is 6.70. The first-order chi connectivity index (χ1) is 11.6. The Morgan fingerprint density at radius 1 is 1.12 bits per heavy atom. The van der Waals surface area contributed by atoms with Crippen LogP contribution in [0.25, 0.3) is 10.9 Å². The highest BCUT2D eigenvalue weighted by atomic mass is 35.5. The van der Waals surface area contributed by atoms with Crippen molar-refractivity contribution in [2.24, 2.45) is 0 Å². The summed E-state index contributed by atoms with van der Waals surface area (Å²) in [6, 6.07) is 8.20. The van der Waals surface area contributed by atoms with E-state index >= 15 is 0 Å². The van der Waals surface area contributed by atoms with Crippen molar-refractivity contribution in [2.75, 3.05) is 36.7 Å². The molecule has 0 aliphatic carbocycles. The number of anilines is 1. The third-order valence-electron chi connectivity index (χ3n) is 4.02. The number of fused-ring (bicyclic) bond motifs is 1. The van der Waals surface area contributed by atoms with Crippen LogP contribution in [0.5, 0.6) is 0 Å². The minimum Gasteiger partial charge on any atom is -0.382 e. The van der Waals surface area contributed by atoms with Gasteiger partial charge in [-0.1, -0.05) is 11.6 Å². The molecule has 0 unspecified atom stereocenters. The number of halogens is 3. The summed E-state index contributed by atoms with van der Waals surface area (Å²) in [5.41, 5.74) is 2.01. The van der Waals surface area contributed by atoms with Gasteiger partial charge in [0.25, 0.3) is 0 Å². The summed E-state index contributed by atoms with van der Waals surface area (Å²) in [7, 11) is 0. The zero-order chi connectivity index (χ0) is 17.4. The van der Waals surface area contributed by atoms with Crippen molar-refractivity contribution in [1.82, 2.24) is 9.88 Å². The van der Waals surface area contributed by atoms with E-state index in [4.69, 9.17) is 34.8 Å². The van der Waals surface area contributed by atoms with E-state index in [0.29, 0.717) is 22.8 Å². The number of alkyl halides is 2. The van der Waals surface area contributed by atoms with Gasteiger partial charge in [-0.2, -0.15) is 0 Å². The smallest absolute Gasteiger partial charge is 0.0737 e. The molecule has 0 amide bonds. The predicted molar refractivity (Wildman–Crippen MR) is 107 cm³/mol. The van der Waals surface area contributed by atoms with Crippen LogP contribution in [0.2, 0.25) is 5.02 Å². The molecule has 0 radical (unpaired) electrons. The quantitative estimate of drug-likeness (QED) is 0.563. The van der Waals surface area contributed by atoms with E-state index in [1.807, 2.05) is 30.5 Å². The molecule has 1 heterocycles. The fourth-order valence-electron chi connectivity index (χ4n) is 2.78. The van der Waals surface area contributed by atoms with Gasteiger partial charge in [-0.05, 0) is 50.6 Å². The molecule has 1 N–H and O–H groups in total. The summed E-state index contributed by atoms with van der Waals surface area (Å²) < 4.78 is 0. The van der Waals surface area contributed by atoms with Crippen LogP contribution in [0.15, 0.2) is 30.5 Å². The largest absolute Gasteiger partial charge is 0.382 e. The van der Waals surface area contributed by atoms with Gasteiger partial charge in [0.15, 0.2) is 0 Å². The Labute approximate surface area is 159 Å². The highest BCUT2D eigenvalue weighted by Gasteiger charge is 2.08. The summed E-state index contributed by atoms with van der Waals surface area (Å²) >= 11 is 17.7. The lowest BCUT2D eigenvalue weighted by atomic mass is 10.1. The zero-order valence-corrected chi connectivity index (χ0v) is 16.2. The minimum atomic E-state index is 0.375. The van der Waals surface area contributed by atoms with Gasteiger partial charge in [0, 0.05) is 53.2 Å². The molecule has 0 aliphatic rings. The molecule has 0 aliphatic heterocycles. The standard InChI is InChI=1S/C18H24Cl3N3/c1-14(3-2-10-24(11-7-19)12-8-20)23-17-6-9-22-18-13-15(21)4-5-16(17)18/h4-6,9,13-14H,2-3,7-8,10-12H2,1H3,(H,22,23)/t14-/m1/s1. The van der Waals surface area contributed by atoms with Crippen molar-refractivity contribution >= 4 is 51.4 Å². The molecule has 132 valence electrons. The van der Waals surface area contributed by atoms with Crippen LogP contribution >= 0.6 is 34.8 Å². The number of aromatic nitrogens is 1. The molecule has 0 spiro atoms. The van der Waals surface area contributed by atoms with Crippen LogP contribution in [0.1, 0.15) is 19.8 Å². The predicted octanol–water partition coefficient (Wildman–Crippen LogP) is 5.25. The maximum Gasteiger partial charge on any atom is 0.0737 e. The van der Waals surface area contributed by atoms with E-state index in [1.165, 1.54) is 0 Å². The topological polar surface area (TPSA) is 28.2 Å². The molecular weight excluding hydrogens is 365 g/mol. The van der Waals surface area contributed by atoms with Gasteiger partial charge in [0.2, 0.25) is 0 Å². The van der Waals surface area contributed by atoms with E-state index in [2.05, 4.69) is 22.1 Å². The van der Waals surface area contributed by atoms with Crippen LogP contribution in [0, 0.1) is 0 Å². The van der Waals surface area contributed by atoms with Crippen molar-refractivity contribution in [1.29, 1.82) is 0 Å². The van der Waals surface area contributed by atoms with E-state index in [-0.39, 0.29) is 0 Å². The van der Waals surface area contributed by atoms with Crippen molar-refractivity contribution in [3.63, 3.8) is 0 Å². The van der Waals surface area contributed by atoms with E-state index in [9.17, 15) is 0 Å². The molecule has 24 heavy (non-hydrogen) atoms.